The quantitative estimate of drug-likeness (QED) is 0.682. The topological polar surface area (TPSA) is 44.7 Å². The summed E-state index contributed by atoms with van der Waals surface area (Å²) in [7, 11) is 1.85. The highest BCUT2D eigenvalue weighted by atomic mass is 35.5. The van der Waals surface area contributed by atoms with E-state index in [1.54, 1.807) is 6.07 Å². The Morgan fingerprint density at radius 2 is 1.86 bits per heavy atom. The van der Waals surface area contributed by atoms with E-state index in [0.29, 0.717) is 5.02 Å². The van der Waals surface area contributed by atoms with Gasteiger partial charge in [-0.3, -0.25) is 4.79 Å². The number of carbonyl (C=O) groups is 1. The van der Waals surface area contributed by atoms with E-state index < -0.39 is 0 Å². The molecule has 0 atom stereocenters. The Bertz CT molecular complexity index is 628. The molecule has 0 spiro atoms. The molecule has 2 aromatic carbocycles. The van der Waals surface area contributed by atoms with Gasteiger partial charge < -0.3 is 4.90 Å². The normalized spacial score (nSPS) is 10.6. The standard InChI is InChI=1S/C16H16ClN3O/c1-20(14-8-3-2-4-9-14)12-16(21)19-18-11-13-7-5-6-10-15(13)17/h2-11H,12H2,1H3,(H,19,21)/b18-11-. The van der Waals surface area contributed by atoms with E-state index in [2.05, 4.69) is 10.5 Å². The number of carbonyl (C=O) groups excluding carboxylic acids is 1. The second-order valence-corrected chi connectivity index (χ2v) is 4.91. The van der Waals surface area contributed by atoms with Crippen LogP contribution in [-0.4, -0.2) is 25.7 Å². The molecular formula is C16H16ClN3O. The summed E-state index contributed by atoms with van der Waals surface area (Å²) >= 11 is 5.99. The molecule has 21 heavy (non-hydrogen) atoms. The van der Waals surface area contributed by atoms with Crippen LogP contribution in [0.3, 0.4) is 0 Å². The third-order valence-electron chi connectivity index (χ3n) is 2.88. The van der Waals surface area contributed by atoms with Crippen molar-refractivity contribution in [2.75, 3.05) is 18.5 Å². The summed E-state index contributed by atoms with van der Waals surface area (Å²) in [6.07, 6.45) is 1.53. The number of rotatable bonds is 5. The van der Waals surface area contributed by atoms with E-state index in [1.165, 1.54) is 6.21 Å². The Morgan fingerprint density at radius 3 is 2.57 bits per heavy atom. The molecule has 108 valence electrons. The average Bonchev–Trinajstić information content (AvgIpc) is 2.50. The lowest BCUT2D eigenvalue weighted by molar-refractivity contribution is -0.119. The van der Waals surface area contributed by atoms with Gasteiger partial charge in [0.2, 0.25) is 0 Å². The maximum absolute atomic E-state index is 11.8. The molecule has 0 saturated heterocycles. The lowest BCUT2D eigenvalue weighted by atomic mass is 10.2. The van der Waals surface area contributed by atoms with Gasteiger partial charge in [-0.2, -0.15) is 5.10 Å². The minimum absolute atomic E-state index is 0.190. The molecule has 0 bridgehead atoms. The van der Waals surface area contributed by atoms with Crippen molar-refractivity contribution in [1.29, 1.82) is 0 Å². The molecule has 1 amide bonds. The summed E-state index contributed by atoms with van der Waals surface area (Å²) < 4.78 is 0. The molecule has 0 fully saturated rings. The Hall–Kier alpha value is -2.33. The number of amides is 1. The minimum atomic E-state index is -0.190. The highest BCUT2D eigenvalue weighted by Crippen LogP contribution is 2.12. The van der Waals surface area contributed by atoms with Crippen LogP contribution in [0.5, 0.6) is 0 Å². The summed E-state index contributed by atoms with van der Waals surface area (Å²) in [5.41, 5.74) is 4.22. The van der Waals surface area contributed by atoms with Gasteiger partial charge in [-0.15, -0.1) is 0 Å². The van der Waals surface area contributed by atoms with Gasteiger partial charge >= 0.3 is 0 Å². The van der Waals surface area contributed by atoms with Crippen molar-refractivity contribution in [1.82, 2.24) is 5.43 Å². The summed E-state index contributed by atoms with van der Waals surface area (Å²) in [4.78, 5) is 13.6. The molecule has 0 radical (unpaired) electrons. The Kier molecular flexibility index (Phi) is 5.35. The van der Waals surface area contributed by atoms with Crippen molar-refractivity contribution in [3.63, 3.8) is 0 Å². The third-order valence-corrected chi connectivity index (χ3v) is 3.22. The summed E-state index contributed by atoms with van der Waals surface area (Å²) in [5.74, 6) is -0.190. The van der Waals surface area contributed by atoms with Gasteiger partial charge in [0, 0.05) is 23.3 Å². The summed E-state index contributed by atoms with van der Waals surface area (Å²) in [6, 6.07) is 17.0. The van der Waals surface area contributed by atoms with E-state index in [-0.39, 0.29) is 12.5 Å². The van der Waals surface area contributed by atoms with Gasteiger partial charge in [0.25, 0.3) is 5.91 Å². The number of hydrogen-bond acceptors (Lipinski definition) is 3. The molecule has 0 saturated carbocycles. The van der Waals surface area contributed by atoms with Crippen molar-refractivity contribution in [3.05, 3.63) is 65.2 Å². The fraction of sp³-hybridized carbons (Fsp3) is 0.125. The Balaban J connectivity index is 1.87. The van der Waals surface area contributed by atoms with Gasteiger partial charge in [-0.1, -0.05) is 48.0 Å². The lowest BCUT2D eigenvalue weighted by Gasteiger charge is -2.17. The first kappa shape index (κ1) is 15.1. The first-order chi connectivity index (χ1) is 10.2. The second kappa shape index (κ2) is 7.45. The molecule has 0 aromatic heterocycles. The highest BCUT2D eigenvalue weighted by molar-refractivity contribution is 6.33. The predicted octanol–water partition coefficient (Wildman–Crippen LogP) is 2.93. The van der Waals surface area contributed by atoms with Gasteiger partial charge in [0.05, 0.1) is 12.8 Å². The fourth-order valence-corrected chi connectivity index (χ4v) is 1.96. The van der Waals surface area contributed by atoms with Gasteiger partial charge in [0.1, 0.15) is 0 Å². The summed E-state index contributed by atoms with van der Waals surface area (Å²) in [6.45, 7) is 0.226. The monoisotopic (exact) mass is 301 g/mol. The molecular weight excluding hydrogens is 286 g/mol. The number of likely N-dealkylation sites (N-methyl/N-ethyl adjacent to an activating group) is 1. The smallest absolute Gasteiger partial charge is 0.259 e. The van der Waals surface area contributed by atoms with E-state index in [0.717, 1.165) is 11.3 Å². The van der Waals surface area contributed by atoms with Crippen molar-refractivity contribution >= 4 is 29.4 Å². The molecule has 1 N–H and O–H groups in total. The van der Waals surface area contributed by atoms with Crippen molar-refractivity contribution in [2.45, 2.75) is 0 Å². The van der Waals surface area contributed by atoms with Crippen LogP contribution in [0.4, 0.5) is 5.69 Å². The number of hydrazone groups is 1. The molecule has 0 unspecified atom stereocenters. The highest BCUT2D eigenvalue weighted by Gasteiger charge is 2.05. The van der Waals surface area contributed by atoms with Gasteiger partial charge in [0.15, 0.2) is 0 Å². The van der Waals surface area contributed by atoms with Gasteiger partial charge in [-0.05, 0) is 18.2 Å². The molecule has 0 aliphatic heterocycles. The Morgan fingerprint density at radius 1 is 1.19 bits per heavy atom. The molecule has 2 rings (SSSR count). The largest absolute Gasteiger partial charge is 0.365 e. The molecule has 4 nitrogen and oxygen atoms in total. The van der Waals surface area contributed by atoms with Crippen molar-refractivity contribution in [3.8, 4) is 0 Å². The first-order valence-corrected chi connectivity index (χ1v) is 6.87. The number of nitrogens with zero attached hydrogens (tertiary/aromatic N) is 2. The van der Waals surface area contributed by atoms with Crippen LogP contribution in [-0.2, 0) is 4.79 Å². The molecule has 5 heteroatoms. The lowest BCUT2D eigenvalue weighted by Crippen LogP contribution is -2.32. The third kappa shape index (κ3) is 4.61. The number of para-hydroxylation sites is 1. The number of nitrogens with one attached hydrogen (secondary N) is 1. The van der Waals surface area contributed by atoms with Crippen LogP contribution in [0.15, 0.2) is 59.7 Å². The maximum atomic E-state index is 11.8. The minimum Gasteiger partial charge on any atom is -0.365 e. The van der Waals surface area contributed by atoms with Gasteiger partial charge in [-0.25, -0.2) is 5.43 Å². The van der Waals surface area contributed by atoms with E-state index in [4.69, 9.17) is 11.6 Å². The number of anilines is 1. The number of hydrogen-bond donors (Lipinski definition) is 1. The molecule has 0 heterocycles. The van der Waals surface area contributed by atoms with Crippen molar-refractivity contribution in [2.24, 2.45) is 5.10 Å². The number of halogens is 1. The van der Waals surface area contributed by atoms with E-state index >= 15 is 0 Å². The number of benzene rings is 2. The van der Waals surface area contributed by atoms with Crippen molar-refractivity contribution < 1.29 is 4.79 Å². The van der Waals surface area contributed by atoms with Crippen LogP contribution in [0.1, 0.15) is 5.56 Å². The van der Waals surface area contributed by atoms with Crippen LogP contribution in [0.25, 0.3) is 0 Å². The second-order valence-electron chi connectivity index (χ2n) is 4.51. The van der Waals surface area contributed by atoms with Crippen LogP contribution >= 0.6 is 11.6 Å². The van der Waals surface area contributed by atoms with E-state index in [1.807, 2.05) is 60.5 Å². The molecule has 0 aliphatic rings. The molecule has 0 aliphatic carbocycles. The average molecular weight is 302 g/mol. The summed E-state index contributed by atoms with van der Waals surface area (Å²) in [5, 5.41) is 4.51. The van der Waals surface area contributed by atoms with Crippen LogP contribution in [0, 0.1) is 0 Å². The zero-order valence-electron chi connectivity index (χ0n) is 11.7. The van der Waals surface area contributed by atoms with Crippen LogP contribution in [0.2, 0.25) is 5.02 Å². The maximum Gasteiger partial charge on any atom is 0.259 e. The van der Waals surface area contributed by atoms with E-state index in [9.17, 15) is 4.79 Å². The zero-order valence-corrected chi connectivity index (χ0v) is 12.4. The molecule has 2 aromatic rings. The van der Waals surface area contributed by atoms with Crippen LogP contribution < -0.4 is 10.3 Å². The zero-order chi connectivity index (χ0) is 15.1. The Labute approximate surface area is 129 Å². The SMILES string of the molecule is CN(CC(=O)N/N=C\c1ccccc1Cl)c1ccccc1. The fourth-order valence-electron chi connectivity index (χ4n) is 1.78. The first-order valence-electron chi connectivity index (χ1n) is 6.49. The predicted molar refractivity (Wildman–Crippen MR) is 86.9 cm³/mol.